The summed E-state index contributed by atoms with van der Waals surface area (Å²) in [4.78, 5) is 0. The van der Waals surface area contributed by atoms with E-state index in [1.807, 2.05) is 25.2 Å². The van der Waals surface area contributed by atoms with Gasteiger partial charge in [-0.05, 0) is 25.1 Å². The van der Waals surface area contributed by atoms with Gasteiger partial charge in [0.05, 0.1) is 6.23 Å². The van der Waals surface area contributed by atoms with Crippen molar-refractivity contribution in [2.24, 2.45) is 0 Å². The maximum atomic E-state index is 5.45. The first kappa shape index (κ1) is 13.4. The number of hydrogen-bond donors (Lipinski definition) is 0. The number of ether oxygens (including phenoxy) is 1. The molecule has 79 valence electrons. The van der Waals surface area contributed by atoms with Crippen molar-refractivity contribution in [3.05, 3.63) is 44.2 Å². The van der Waals surface area contributed by atoms with Crippen molar-refractivity contribution in [3.63, 3.8) is 0 Å². The molecule has 0 heterocycles. The highest BCUT2D eigenvalue weighted by atomic mass is 28.3. The normalized spacial score (nSPS) is 10.9. The molecule has 2 heteroatoms. The maximum Gasteiger partial charge on any atom is 0.102 e. The van der Waals surface area contributed by atoms with Crippen LogP contribution in [0.3, 0.4) is 0 Å². The predicted molar refractivity (Wildman–Crippen MR) is 66.7 cm³/mol. The van der Waals surface area contributed by atoms with E-state index in [-0.39, 0.29) is 0 Å². The van der Waals surface area contributed by atoms with E-state index < -0.39 is 8.07 Å². The van der Waals surface area contributed by atoms with Crippen molar-refractivity contribution in [2.75, 3.05) is 6.61 Å². The Balaban J connectivity index is 4.43. The van der Waals surface area contributed by atoms with Crippen LogP contribution in [0.4, 0.5) is 0 Å². The van der Waals surface area contributed by atoms with Gasteiger partial charge < -0.3 is 4.74 Å². The molecule has 0 saturated heterocycles. The average Bonchev–Trinajstić information content (AvgIpc) is 2.16. The molecular formula is C12H21OSi. The van der Waals surface area contributed by atoms with Crippen LogP contribution in [0.25, 0.3) is 0 Å². The van der Waals surface area contributed by atoms with Crippen molar-refractivity contribution in [1.82, 2.24) is 0 Å². The van der Waals surface area contributed by atoms with Crippen molar-refractivity contribution in [2.45, 2.75) is 25.1 Å². The van der Waals surface area contributed by atoms with Crippen molar-refractivity contribution >= 4 is 8.07 Å². The SMILES string of the molecule is C=CC[Si]([CH]OCC)(CC=C)CC=C. The Morgan fingerprint density at radius 1 is 1.00 bits per heavy atom. The zero-order chi connectivity index (χ0) is 10.9. The van der Waals surface area contributed by atoms with Crippen LogP contribution in [0.2, 0.25) is 18.1 Å². The Labute approximate surface area is 89.2 Å². The lowest BCUT2D eigenvalue weighted by atomic mass is 10.7. The van der Waals surface area contributed by atoms with Gasteiger partial charge in [-0.1, -0.05) is 18.2 Å². The summed E-state index contributed by atoms with van der Waals surface area (Å²) in [5, 5.41) is 0. The van der Waals surface area contributed by atoms with Crippen LogP contribution in [0.5, 0.6) is 0 Å². The van der Waals surface area contributed by atoms with Gasteiger partial charge in [0.15, 0.2) is 0 Å². The van der Waals surface area contributed by atoms with Crippen LogP contribution < -0.4 is 0 Å². The van der Waals surface area contributed by atoms with Crippen LogP contribution in [-0.2, 0) is 4.74 Å². The molecule has 0 saturated carbocycles. The average molecular weight is 209 g/mol. The number of allylic oxidation sites excluding steroid dienone is 3. The lowest BCUT2D eigenvalue weighted by Crippen LogP contribution is -2.34. The molecule has 1 radical (unpaired) electrons. The van der Waals surface area contributed by atoms with E-state index in [9.17, 15) is 0 Å². The molecule has 0 fully saturated rings. The lowest BCUT2D eigenvalue weighted by Gasteiger charge is -2.27. The first-order valence-electron chi connectivity index (χ1n) is 5.03. The first-order chi connectivity index (χ1) is 6.74. The second-order valence-electron chi connectivity index (χ2n) is 3.41. The molecule has 0 rings (SSSR count). The molecule has 14 heavy (non-hydrogen) atoms. The van der Waals surface area contributed by atoms with E-state index in [1.165, 1.54) is 0 Å². The van der Waals surface area contributed by atoms with Crippen LogP contribution in [0.1, 0.15) is 6.92 Å². The first-order valence-corrected chi connectivity index (χ1v) is 7.73. The molecule has 0 aromatic heterocycles. The molecule has 0 spiro atoms. The molecule has 0 atom stereocenters. The molecule has 0 aliphatic carbocycles. The second kappa shape index (κ2) is 7.77. The van der Waals surface area contributed by atoms with E-state index in [2.05, 4.69) is 26.0 Å². The van der Waals surface area contributed by atoms with Crippen LogP contribution >= 0.6 is 0 Å². The van der Waals surface area contributed by atoms with Gasteiger partial charge in [-0.3, -0.25) is 0 Å². The zero-order valence-electron chi connectivity index (χ0n) is 9.17. The summed E-state index contributed by atoms with van der Waals surface area (Å²) in [5.74, 6) is 0. The topological polar surface area (TPSA) is 9.23 Å². The van der Waals surface area contributed by atoms with E-state index in [0.717, 1.165) is 24.7 Å². The Bertz CT molecular complexity index is 160. The third kappa shape index (κ3) is 4.58. The van der Waals surface area contributed by atoms with Gasteiger partial charge in [-0.25, -0.2) is 0 Å². The smallest absolute Gasteiger partial charge is 0.102 e. The minimum absolute atomic E-state index is 0.736. The van der Waals surface area contributed by atoms with Crippen molar-refractivity contribution < 1.29 is 4.74 Å². The third-order valence-corrected chi connectivity index (χ3v) is 6.12. The Morgan fingerprint density at radius 2 is 1.43 bits per heavy atom. The summed E-state index contributed by atoms with van der Waals surface area (Å²) in [6, 6.07) is 3.10. The van der Waals surface area contributed by atoms with E-state index >= 15 is 0 Å². The summed E-state index contributed by atoms with van der Waals surface area (Å²) < 4.78 is 5.45. The van der Waals surface area contributed by atoms with Gasteiger partial charge in [-0.15, -0.1) is 19.7 Å². The molecule has 0 aromatic rings. The summed E-state index contributed by atoms with van der Waals surface area (Å²) in [7, 11) is -1.52. The fraction of sp³-hybridized carbons (Fsp3) is 0.417. The predicted octanol–water partition coefficient (Wildman–Crippen LogP) is 3.73. The third-order valence-electron chi connectivity index (χ3n) is 2.15. The highest BCUT2D eigenvalue weighted by molar-refractivity contribution is 6.83. The largest absolute Gasteiger partial charge is 0.380 e. The Morgan fingerprint density at radius 3 is 1.71 bits per heavy atom. The lowest BCUT2D eigenvalue weighted by molar-refractivity contribution is 0.240. The summed E-state index contributed by atoms with van der Waals surface area (Å²) in [6.45, 7) is 14.2. The number of hydrogen-bond acceptors (Lipinski definition) is 1. The summed E-state index contributed by atoms with van der Waals surface area (Å²) >= 11 is 0. The zero-order valence-corrected chi connectivity index (χ0v) is 10.2. The highest BCUT2D eigenvalue weighted by Gasteiger charge is 2.29. The van der Waals surface area contributed by atoms with Crippen LogP contribution in [-0.4, -0.2) is 14.7 Å². The van der Waals surface area contributed by atoms with Gasteiger partial charge in [0.2, 0.25) is 0 Å². The van der Waals surface area contributed by atoms with E-state index in [0.29, 0.717) is 0 Å². The molecule has 0 aliphatic heterocycles. The van der Waals surface area contributed by atoms with Gasteiger partial charge in [0.25, 0.3) is 0 Å². The van der Waals surface area contributed by atoms with E-state index in [1.54, 1.807) is 0 Å². The molecular weight excluding hydrogens is 188 g/mol. The monoisotopic (exact) mass is 209 g/mol. The van der Waals surface area contributed by atoms with Crippen LogP contribution in [0.15, 0.2) is 38.0 Å². The molecule has 0 unspecified atom stereocenters. The molecule has 1 nitrogen and oxygen atoms in total. The minimum atomic E-state index is -1.52. The summed E-state index contributed by atoms with van der Waals surface area (Å²) in [5.41, 5.74) is 0. The molecule has 0 aliphatic rings. The Kier molecular flexibility index (Phi) is 7.43. The molecule has 0 N–H and O–H groups in total. The minimum Gasteiger partial charge on any atom is -0.380 e. The van der Waals surface area contributed by atoms with Crippen molar-refractivity contribution in [3.8, 4) is 0 Å². The van der Waals surface area contributed by atoms with Crippen LogP contribution in [0, 0.1) is 6.23 Å². The standard InChI is InChI=1S/C12H21OSi/c1-5-9-14(10-6-2,11-7-3)12-13-8-4/h5-7,12H,1-3,8-11H2,4H3. The fourth-order valence-electron chi connectivity index (χ4n) is 1.52. The summed E-state index contributed by atoms with van der Waals surface area (Å²) in [6.07, 6.45) is 8.00. The van der Waals surface area contributed by atoms with Crippen molar-refractivity contribution in [1.29, 1.82) is 0 Å². The number of rotatable bonds is 9. The quantitative estimate of drug-likeness (QED) is 0.415. The second-order valence-corrected chi connectivity index (χ2v) is 7.60. The highest BCUT2D eigenvalue weighted by Crippen LogP contribution is 2.25. The van der Waals surface area contributed by atoms with Gasteiger partial charge in [0, 0.05) is 6.61 Å². The Hall–Kier alpha value is -0.603. The maximum absolute atomic E-state index is 5.45. The molecule has 0 aromatic carbocycles. The van der Waals surface area contributed by atoms with Gasteiger partial charge >= 0.3 is 0 Å². The van der Waals surface area contributed by atoms with Gasteiger partial charge in [0.1, 0.15) is 8.07 Å². The van der Waals surface area contributed by atoms with E-state index in [4.69, 9.17) is 4.74 Å². The molecule has 0 bridgehead atoms. The van der Waals surface area contributed by atoms with Gasteiger partial charge in [-0.2, -0.15) is 0 Å². The fourth-order valence-corrected chi connectivity index (χ4v) is 4.55. The molecule has 0 amide bonds.